The van der Waals surface area contributed by atoms with Crippen LogP contribution in [0.5, 0.6) is 0 Å². The van der Waals surface area contributed by atoms with Gasteiger partial charge in [-0.15, -0.1) is 0 Å². The summed E-state index contributed by atoms with van der Waals surface area (Å²) in [7, 11) is 0. The van der Waals surface area contributed by atoms with Gasteiger partial charge in [-0.2, -0.15) is 0 Å². The molecule has 2 aromatic carbocycles. The highest BCUT2D eigenvalue weighted by Gasteiger charge is 2.06. The third kappa shape index (κ3) is 2.92. The van der Waals surface area contributed by atoms with Crippen LogP contribution < -0.4 is 5.32 Å². The average Bonchev–Trinajstić information content (AvgIpc) is 2.38. The second-order valence-corrected chi connectivity index (χ2v) is 4.82. The molecule has 0 unspecified atom stereocenters. The predicted molar refractivity (Wildman–Crippen MR) is 79.0 cm³/mol. The van der Waals surface area contributed by atoms with E-state index in [9.17, 15) is 0 Å². The summed E-state index contributed by atoms with van der Waals surface area (Å²) in [6, 6.07) is 14.5. The summed E-state index contributed by atoms with van der Waals surface area (Å²) in [5.74, 6) is 0. The van der Waals surface area contributed by atoms with Gasteiger partial charge >= 0.3 is 0 Å². The van der Waals surface area contributed by atoms with Gasteiger partial charge in [0.25, 0.3) is 0 Å². The van der Waals surface area contributed by atoms with Crippen molar-refractivity contribution in [2.45, 2.75) is 20.4 Å². The number of halogens is 1. The van der Waals surface area contributed by atoms with Crippen LogP contribution in [0.4, 0.5) is 0 Å². The van der Waals surface area contributed by atoms with Crippen LogP contribution in [0.25, 0.3) is 11.1 Å². The molecule has 0 aliphatic carbocycles. The van der Waals surface area contributed by atoms with Gasteiger partial charge in [-0.1, -0.05) is 54.9 Å². The first-order valence-electron chi connectivity index (χ1n) is 6.27. The first-order chi connectivity index (χ1) is 8.72. The Morgan fingerprint density at radius 2 is 1.83 bits per heavy atom. The maximum atomic E-state index is 6.24. The number of nitrogens with one attached hydrogen (secondary N) is 1. The van der Waals surface area contributed by atoms with E-state index in [0.29, 0.717) is 0 Å². The van der Waals surface area contributed by atoms with Crippen LogP contribution in [0.2, 0.25) is 5.02 Å². The lowest BCUT2D eigenvalue weighted by Crippen LogP contribution is -2.11. The highest BCUT2D eigenvalue weighted by atomic mass is 35.5. The maximum Gasteiger partial charge on any atom is 0.0484 e. The van der Waals surface area contributed by atoms with Gasteiger partial charge in [0.05, 0.1) is 0 Å². The first-order valence-corrected chi connectivity index (χ1v) is 6.65. The minimum Gasteiger partial charge on any atom is -0.313 e. The van der Waals surface area contributed by atoms with Gasteiger partial charge in [0, 0.05) is 17.1 Å². The minimum absolute atomic E-state index is 0.806. The van der Waals surface area contributed by atoms with E-state index in [0.717, 1.165) is 23.7 Å². The van der Waals surface area contributed by atoms with E-state index in [2.05, 4.69) is 43.4 Å². The topological polar surface area (TPSA) is 12.0 Å². The molecule has 0 aliphatic heterocycles. The van der Waals surface area contributed by atoms with E-state index in [-0.39, 0.29) is 0 Å². The summed E-state index contributed by atoms with van der Waals surface area (Å²) in [6.45, 7) is 6.16. The van der Waals surface area contributed by atoms with Gasteiger partial charge in [-0.3, -0.25) is 0 Å². The molecule has 0 bridgehead atoms. The van der Waals surface area contributed by atoms with Gasteiger partial charge in [0.1, 0.15) is 0 Å². The first kappa shape index (κ1) is 13.1. The number of rotatable bonds is 4. The lowest BCUT2D eigenvalue weighted by Gasteiger charge is -2.10. The Labute approximate surface area is 114 Å². The highest BCUT2D eigenvalue weighted by molar-refractivity contribution is 6.33. The van der Waals surface area contributed by atoms with E-state index in [1.165, 1.54) is 16.7 Å². The Hall–Kier alpha value is -1.31. The summed E-state index contributed by atoms with van der Waals surface area (Å²) in [6.07, 6.45) is 0. The molecule has 0 spiro atoms. The normalized spacial score (nSPS) is 10.6. The van der Waals surface area contributed by atoms with Gasteiger partial charge in [0.2, 0.25) is 0 Å². The average molecular weight is 260 g/mol. The fraction of sp³-hybridized carbons (Fsp3) is 0.250. The monoisotopic (exact) mass is 259 g/mol. The second-order valence-electron chi connectivity index (χ2n) is 4.41. The highest BCUT2D eigenvalue weighted by Crippen LogP contribution is 2.30. The van der Waals surface area contributed by atoms with E-state index < -0.39 is 0 Å². The molecule has 0 radical (unpaired) electrons. The van der Waals surface area contributed by atoms with Crippen LogP contribution in [-0.2, 0) is 6.54 Å². The molecule has 2 rings (SSSR count). The molecule has 0 saturated carbocycles. The van der Waals surface area contributed by atoms with Gasteiger partial charge < -0.3 is 5.32 Å². The Kier molecular flexibility index (Phi) is 4.40. The van der Waals surface area contributed by atoms with E-state index >= 15 is 0 Å². The molecular weight excluding hydrogens is 242 g/mol. The Morgan fingerprint density at radius 3 is 2.50 bits per heavy atom. The van der Waals surface area contributed by atoms with E-state index in [1.54, 1.807) is 0 Å². The smallest absolute Gasteiger partial charge is 0.0484 e. The summed E-state index contributed by atoms with van der Waals surface area (Å²) in [4.78, 5) is 0. The second kappa shape index (κ2) is 6.03. The van der Waals surface area contributed by atoms with Crippen molar-refractivity contribution in [1.29, 1.82) is 0 Å². The molecule has 0 heterocycles. The molecule has 0 fully saturated rings. The fourth-order valence-corrected chi connectivity index (χ4v) is 2.32. The third-order valence-corrected chi connectivity index (χ3v) is 3.36. The molecule has 1 nitrogen and oxygen atoms in total. The molecule has 94 valence electrons. The summed E-state index contributed by atoms with van der Waals surface area (Å²) < 4.78 is 0. The molecule has 0 amide bonds. The SMILES string of the molecule is CCNCc1ccc(-c2ccccc2Cl)c(C)c1. The Bertz CT molecular complexity index is 534. The molecule has 0 saturated heterocycles. The third-order valence-electron chi connectivity index (χ3n) is 3.03. The maximum absolute atomic E-state index is 6.24. The van der Waals surface area contributed by atoms with Crippen molar-refractivity contribution in [3.8, 4) is 11.1 Å². The van der Waals surface area contributed by atoms with Crippen molar-refractivity contribution in [3.63, 3.8) is 0 Å². The van der Waals surface area contributed by atoms with Crippen molar-refractivity contribution < 1.29 is 0 Å². The van der Waals surface area contributed by atoms with Crippen molar-refractivity contribution in [3.05, 3.63) is 58.6 Å². The quantitative estimate of drug-likeness (QED) is 0.857. The lowest BCUT2D eigenvalue weighted by atomic mass is 9.98. The summed E-state index contributed by atoms with van der Waals surface area (Å²) >= 11 is 6.24. The number of aryl methyl sites for hydroxylation is 1. The molecule has 0 atom stereocenters. The summed E-state index contributed by atoms with van der Waals surface area (Å²) in [5.41, 5.74) is 4.89. The van der Waals surface area contributed by atoms with Crippen LogP contribution in [0.1, 0.15) is 18.1 Å². The number of hydrogen-bond acceptors (Lipinski definition) is 1. The Balaban J connectivity index is 2.33. The largest absolute Gasteiger partial charge is 0.313 e. The molecular formula is C16H18ClN. The van der Waals surface area contributed by atoms with Crippen molar-refractivity contribution >= 4 is 11.6 Å². The zero-order valence-electron chi connectivity index (χ0n) is 10.8. The molecule has 2 heteroatoms. The zero-order chi connectivity index (χ0) is 13.0. The van der Waals surface area contributed by atoms with Crippen LogP contribution >= 0.6 is 11.6 Å². The van der Waals surface area contributed by atoms with Crippen molar-refractivity contribution in [2.24, 2.45) is 0 Å². The lowest BCUT2D eigenvalue weighted by molar-refractivity contribution is 0.726. The number of benzene rings is 2. The van der Waals surface area contributed by atoms with Crippen LogP contribution in [-0.4, -0.2) is 6.54 Å². The zero-order valence-corrected chi connectivity index (χ0v) is 11.6. The van der Waals surface area contributed by atoms with Crippen molar-refractivity contribution in [2.75, 3.05) is 6.54 Å². The number of hydrogen-bond donors (Lipinski definition) is 1. The van der Waals surface area contributed by atoms with Crippen molar-refractivity contribution in [1.82, 2.24) is 5.32 Å². The molecule has 0 aromatic heterocycles. The van der Waals surface area contributed by atoms with Gasteiger partial charge in [-0.25, -0.2) is 0 Å². The van der Waals surface area contributed by atoms with Crippen LogP contribution in [0, 0.1) is 6.92 Å². The standard InChI is InChI=1S/C16H18ClN/c1-3-18-11-13-8-9-14(12(2)10-13)15-6-4-5-7-16(15)17/h4-10,18H,3,11H2,1-2H3. The Morgan fingerprint density at radius 1 is 1.06 bits per heavy atom. The summed E-state index contributed by atoms with van der Waals surface area (Å²) in [5, 5.41) is 4.14. The van der Waals surface area contributed by atoms with E-state index in [4.69, 9.17) is 11.6 Å². The molecule has 18 heavy (non-hydrogen) atoms. The van der Waals surface area contributed by atoms with Gasteiger partial charge in [0.15, 0.2) is 0 Å². The van der Waals surface area contributed by atoms with E-state index in [1.807, 2.05) is 18.2 Å². The molecule has 2 aromatic rings. The van der Waals surface area contributed by atoms with Crippen LogP contribution in [0.3, 0.4) is 0 Å². The molecule has 0 aliphatic rings. The minimum atomic E-state index is 0.806. The van der Waals surface area contributed by atoms with Crippen LogP contribution in [0.15, 0.2) is 42.5 Å². The fourth-order valence-electron chi connectivity index (χ4n) is 2.09. The van der Waals surface area contributed by atoms with Gasteiger partial charge in [-0.05, 0) is 36.2 Å². The predicted octanol–water partition coefficient (Wildman–Crippen LogP) is 4.42. The molecule has 1 N–H and O–H groups in total.